The van der Waals surface area contributed by atoms with E-state index in [2.05, 4.69) is 10.6 Å². The van der Waals surface area contributed by atoms with Crippen LogP contribution in [-0.4, -0.2) is 46.0 Å². The number of hydrogen-bond donors (Lipinski definition) is 3. The lowest BCUT2D eigenvalue weighted by Crippen LogP contribution is -2.39. The minimum atomic E-state index is -1.11. The van der Waals surface area contributed by atoms with Crippen LogP contribution in [0.25, 0.3) is 10.8 Å². The summed E-state index contributed by atoms with van der Waals surface area (Å²) in [6.07, 6.45) is 0.485. The number of hydrogen-bond acceptors (Lipinski definition) is 7. The van der Waals surface area contributed by atoms with E-state index in [0.29, 0.717) is 16.5 Å². The Kier molecular flexibility index (Phi) is 5.10. The molecule has 3 rings (SSSR count). The van der Waals surface area contributed by atoms with Crippen LogP contribution in [0.2, 0.25) is 0 Å². The Morgan fingerprint density at radius 1 is 1.14 bits per heavy atom. The van der Waals surface area contributed by atoms with Gasteiger partial charge in [-0.25, -0.2) is 19.2 Å². The highest BCUT2D eigenvalue weighted by Gasteiger charge is 2.28. The van der Waals surface area contributed by atoms with Crippen molar-refractivity contribution in [3.63, 3.8) is 0 Å². The Morgan fingerprint density at radius 3 is 2.50 bits per heavy atom. The zero-order valence-electron chi connectivity index (χ0n) is 14.4. The standard InChI is InChI=1S/C19H13N3O6/c23-7-11-4-5-15(14(8-24)21-11)22-16(9-25)12-2-1-3-13(20-6-18(27)28)19(12)17(22)10-26/h1-3,15,20-21H,4-6H2,(H,27,28). The number of carboxylic acid groups (broad SMARTS) is 1. The third kappa shape index (κ3) is 3.06. The van der Waals surface area contributed by atoms with Crippen molar-refractivity contribution in [2.75, 3.05) is 11.9 Å². The van der Waals surface area contributed by atoms with Gasteiger partial charge in [0.15, 0.2) is 11.9 Å². The van der Waals surface area contributed by atoms with Gasteiger partial charge in [0.05, 0.1) is 6.04 Å². The van der Waals surface area contributed by atoms with Gasteiger partial charge in [-0.05, 0) is 12.5 Å². The molecule has 2 heterocycles. The molecule has 1 aromatic heterocycles. The molecule has 0 saturated carbocycles. The second-order valence-corrected chi connectivity index (χ2v) is 6.02. The number of carbonyl (C=O) groups excluding carboxylic acids is 4. The first-order chi connectivity index (χ1) is 13.5. The van der Waals surface area contributed by atoms with E-state index in [1.165, 1.54) is 4.57 Å². The van der Waals surface area contributed by atoms with Gasteiger partial charge in [0.25, 0.3) is 0 Å². The number of carboxylic acids is 1. The third-order valence-electron chi connectivity index (χ3n) is 4.49. The van der Waals surface area contributed by atoms with Gasteiger partial charge in [-0.3, -0.25) is 4.79 Å². The molecule has 0 radical (unpaired) electrons. The number of aliphatic carboxylic acids is 1. The highest BCUT2D eigenvalue weighted by molar-refractivity contribution is 5.98. The number of nitrogens with one attached hydrogen (secondary N) is 2. The smallest absolute Gasteiger partial charge is 0.322 e. The number of anilines is 1. The fraction of sp³-hybridized carbons (Fsp3) is 0.211. The van der Waals surface area contributed by atoms with Crippen molar-refractivity contribution in [3.05, 3.63) is 40.3 Å². The topological polar surface area (TPSA) is 135 Å². The van der Waals surface area contributed by atoms with Crippen LogP contribution >= 0.6 is 0 Å². The average molecular weight is 379 g/mol. The lowest BCUT2D eigenvalue weighted by molar-refractivity contribution is -0.134. The molecule has 1 aliphatic heterocycles. The third-order valence-corrected chi connectivity index (χ3v) is 4.49. The van der Waals surface area contributed by atoms with E-state index < -0.39 is 18.6 Å². The molecule has 1 aliphatic rings. The molecule has 28 heavy (non-hydrogen) atoms. The summed E-state index contributed by atoms with van der Waals surface area (Å²) >= 11 is 0. The largest absolute Gasteiger partial charge is 0.480 e. The first-order valence-corrected chi connectivity index (χ1v) is 8.20. The molecule has 2 aromatic rings. The van der Waals surface area contributed by atoms with Crippen molar-refractivity contribution in [2.45, 2.75) is 18.9 Å². The van der Waals surface area contributed by atoms with Crippen LogP contribution < -0.4 is 21.3 Å². The number of rotatable bonds is 4. The number of aromatic nitrogens is 1. The highest BCUT2D eigenvalue weighted by atomic mass is 16.4. The minimum Gasteiger partial charge on any atom is -0.480 e. The molecule has 1 aromatic carbocycles. The number of piperidine rings is 1. The van der Waals surface area contributed by atoms with Crippen molar-refractivity contribution in [2.24, 2.45) is 0 Å². The lowest BCUT2D eigenvalue weighted by atomic mass is 10.0. The van der Waals surface area contributed by atoms with Crippen LogP contribution in [0.15, 0.2) is 29.6 Å². The van der Waals surface area contributed by atoms with E-state index in [0.717, 1.165) is 0 Å². The van der Waals surface area contributed by atoms with Crippen LogP contribution in [0, 0.1) is 0 Å². The zero-order chi connectivity index (χ0) is 20.3. The summed E-state index contributed by atoms with van der Waals surface area (Å²) in [5, 5.41) is 14.8. The highest BCUT2D eigenvalue weighted by Crippen LogP contribution is 2.27. The van der Waals surface area contributed by atoms with Crippen molar-refractivity contribution in [1.82, 2.24) is 9.88 Å². The fourth-order valence-electron chi connectivity index (χ4n) is 3.36. The fourth-order valence-corrected chi connectivity index (χ4v) is 3.36. The molecular weight excluding hydrogens is 366 g/mol. The number of nitrogens with zero attached hydrogens (tertiary/aromatic N) is 1. The first kappa shape index (κ1) is 18.7. The maximum Gasteiger partial charge on any atom is 0.322 e. The summed E-state index contributed by atoms with van der Waals surface area (Å²) in [5.41, 5.74) is 0.462. The van der Waals surface area contributed by atoms with Gasteiger partial charge < -0.3 is 20.3 Å². The molecule has 0 spiro atoms. The maximum absolute atomic E-state index is 11.8. The Bertz CT molecular complexity index is 1250. The maximum atomic E-state index is 11.8. The Balaban J connectivity index is 2.33. The molecule has 0 bridgehead atoms. The van der Waals surface area contributed by atoms with E-state index >= 15 is 0 Å². The van der Waals surface area contributed by atoms with Gasteiger partial charge in [0.1, 0.15) is 40.5 Å². The van der Waals surface area contributed by atoms with E-state index in [4.69, 9.17) is 5.11 Å². The number of carbonyl (C=O) groups is 1. The van der Waals surface area contributed by atoms with E-state index in [1.807, 2.05) is 0 Å². The van der Waals surface area contributed by atoms with Crippen LogP contribution in [0.4, 0.5) is 5.69 Å². The van der Waals surface area contributed by atoms with Gasteiger partial charge in [-0.15, -0.1) is 0 Å². The number of benzene rings is 1. The molecule has 0 aliphatic carbocycles. The summed E-state index contributed by atoms with van der Waals surface area (Å²) in [5.74, 6) is 5.85. The predicted molar refractivity (Wildman–Crippen MR) is 96.7 cm³/mol. The molecule has 0 amide bonds. The molecule has 9 nitrogen and oxygen atoms in total. The van der Waals surface area contributed by atoms with Crippen molar-refractivity contribution in [1.29, 1.82) is 0 Å². The summed E-state index contributed by atoms with van der Waals surface area (Å²) < 4.78 is 1.31. The Hall–Kier alpha value is -4.11. The summed E-state index contributed by atoms with van der Waals surface area (Å²) in [4.78, 5) is 56.7. The van der Waals surface area contributed by atoms with Gasteiger partial charge >= 0.3 is 5.97 Å². The molecular formula is C19H13N3O6. The number of fused-ring (bicyclic) bond motifs is 1. The van der Waals surface area contributed by atoms with E-state index in [9.17, 15) is 24.0 Å². The van der Waals surface area contributed by atoms with Crippen LogP contribution in [0.1, 0.15) is 18.9 Å². The van der Waals surface area contributed by atoms with Crippen molar-refractivity contribution < 1.29 is 29.1 Å². The molecule has 1 atom stereocenters. The summed E-state index contributed by atoms with van der Waals surface area (Å²) in [6.45, 7) is -0.402. The van der Waals surface area contributed by atoms with Gasteiger partial charge in [0, 0.05) is 22.9 Å². The monoisotopic (exact) mass is 379 g/mol. The van der Waals surface area contributed by atoms with E-state index in [-0.39, 0.29) is 34.9 Å². The zero-order valence-corrected chi connectivity index (χ0v) is 14.4. The Morgan fingerprint density at radius 2 is 1.89 bits per heavy atom. The van der Waals surface area contributed by atoms with Gasteiger partial charge in [-0.1, -0.05) is 12.1 Å². The molecule has 1 unspecified atom stereocenters. The lowest BCUT2D eigenvalue weighted by Gasteiger charge is -2.25. The molecule has 3 N–H and O–H groups in total. The second-order valence-electron chi connectivity index (χ2n) is 6.02. The average Bonchev–Trinajstić information content (AvgIpc) is 3.05. The van der Waals surface area contributed by atoms with E-state index in [1.54, 1.807) is 42.0 Å². The second kappa shape index (κ2) is 7.64. The van der Waals surface area contributed by atoms with Gasteiger partial charge in [-0.2, -0.15) is 0 Å². The van der Waals surface area contributed by atoms with Crippen LogP contribution in [0.5, 0.6) is 0 Å². The molecule has 1 saturated heterocycles. The SMILES string of the molecule is O=C=C1CCC(n2c(=C=O)c3cccc(NCC(=O)O)c3c2=C=O)C(=C=O)N1. The van der Waals surface area contributed by atoms with Crippen molar-refractivity contribution >= 4 is 46.2 Å². The Labute approximate surface area is 156 Å². The molecule has 140 valence electrons. The molecule has 1 fully saturated rings. The van der Waals surface area contributed by atoms with Crippen LogP contribution in [0.3, 0.4) is 0 Å². The van der Waals surface area contributed by atoms with Gasteiger partial charge in [0.2, 0.25) is 0 Å². The van der Waals surface area contributed by atoms with Crippen LogP contribution in [-0.2, 0) is 24.0 Å². The minimum absolute atomic E-state index is 0.00501. The number of allylic oxidation sites excluding steroid dienone is 2. The molecule has 9 heteroatoms. The predicted octanol–water partition coefficient (Wildman–Crippen LogP) is -1.50. The summed E-state index contributed by atoms with van der Waals surface area (Å²) in [6, 6.07) is 3.96. The normalized spacial score (nSPS) is 15.8. The quantitative estimate of drug-likeness (QED) is 0.547. The first-order valence-electron chi connectivity index (χ1n) is 8.20. The van der Waals surface area contributed by atoms with Crippen molar-refractivity contribution in [3.8, 4) is 0 Å². The summed E-state index contributed by atoms with van der Waals surface area (Å²) in [7, 11) is 0.